The van der Waals surface area contributed by atoms with E-state index in [1.807, 2.05) is 0 Å². The van der Waals surface area contributed by atoms with Crippen LogP contribution in [0.25, 0.3) is 0 Å². The average Bonchev–Trinajstić information content (AvgIpc) is 2.45. The van der Waals surface area contributed by atoms with E-state index < -0.39 is 17.1 Å². The van der Waals surface area contributed by atoms with Crippen LogP contribution in [0.15, 0.2) is 35.3 Å². The Labute approximate surface area is 113 Å². The normalized spacial score (nSPS) is 10.1. The number of ether oxygens (including phenoxy) is 2. The van der Waals surface area contributed by atoms with Gasteiger partial charge >= 0.3 is 5.97 Å². The summed E-state index contributed by atoms with van der Waals surface area (Å²) < 4.78 is 10.5. The molecule has 0 saturated heterocycles. The van der Waals surface area contributed by atoms with Crippen LogP contribution < -0.4 is 15.0 Å². The fourth-order valence-electron chi connectivity index (χ4n) is 1.50. The summed E-state index contributed by atoms with van der Waals surface area (Å²) in [6.45, 7) is 0.0162. The number of aromatic amines is 1. The maximum atomic E-state index is 11.4. The maximum absolute atomic E-state index is 11.4. The van der Waals surface area contributed by atoms with E-state index in [9.17, 15) is 9.59 Å². The molecular weight excluding hydrogens is 264 g/mol. The molecule has 2 N–H and O–H groups in total. The summed E-state index contributed by atoms with van der Waals surface area (Å²) in [5.41, 5.74) is -1.12. The molecule has 0 spiro atoms. The Kier molecular flexibility index (Phi) is 3.99. The van der Waals surface area contributed by atoms with Crippen molar-refractivity contribution >= 4 is 5.97 Å². The van der Waals surface area contributed by atoms with Crippen molar-refractivity contribution in [1.82, 2.24) is 9.97 Å². The number of aromatic nitrogens is 2. The molecule has 1 heterocycles. The van der Waals surface area contributed by atoms with Crippen LogP contribution in [0, 0.1) is 0 Å². The van der Waals surface area contributed by atoms with Gasteiger partial charge in [0.1, 0.15) is 29.5 Å². The number of methoxy groups -OCH3 is 1. The molecule has 0 bridgehead atoms. The van der Waals surface area contributed by atoms with Crippen LogP contribution in [0.3, 0.4) is 0 Å². The second kappa shape index (κ2) is 5.87. The van der Waals surface area contributed by atoms with E-state index in [-0.39, 0.29) is 12.4 Å². The molecule has 2 rings (SSSR count). The van der Waals surface area contributed by atoms with Gasteiger partial charge in [-0.25, -0.2) is 9.78 Å². The number of hydrogen-bond donors (Lipinski definition) is 2. The molecule has 104 valence electrons. The fourth-order valence-corrected chi connectivity index (χ4v) is 1.50. The monoisotopic (exact) mass is 276 g/mol. The number of aromatic carboxylic acids is 1. The number of carboxylic acid groups (broad SMARTS) is 1. The van der Waals surface area contributed by atoms with E-state index in [4.69, 9.17) is 14.6 Å². The number of nitrogens with one attached hydrogen (secondary N) is 1. The van der Waals surface area contributed by atoms with Crippen LogP contribution >= 0.6 is 0 Å². The van der Waals surface area contributed by atoms with Gasteiger partial charge in [-0.1, -0.05) is 6.07 Å². The second-order valence-electron chi connectivity index (χ2n) is 3.85. The summed E-state index contributed by atoms with van der Waals surface area (Å²) in [4.78, 5) is 28.3. The van der Waals surface area contributed by atoms with E-state index in [0.29, 0.717) is 11.5 Å². The highest BCUT2D eigenvalue weighted by Gasteiger charge is 2.10. The molecular formula is C13H12N2O5. The minimum Gasteiger partial charge on any atom is -0.497 e. The highest BCUT2D eigenvalue weighted by molar-refractivity contribution is 5.86. The van der Waals surface area contributed by atoms with Gasteiger partial charge in [-0.3, -0.25) is 4.79 Å². The maximum Gasteiger partial charge on any atom is 0.342 e. The molecule has 0 aliphatic rings. The fraction of sp³-hybridized carbons (Fsp3) is 0.154. The highest BCUT2D eigenvalue weighted by Crippen LogP contribution is 2.19. The summed E-state index contributed by atoms with van der Waals surface area (Å²) in [6, 6.07) is 6.95. The minimum absolute atomic E-state index is 0.0162. The number of carbonyl (C=O) groups is 1. The Hall–Kier alpha value is -2.83. The standard InChI is InChI=1S/C13H12N2O5/c1-19-8-3-2-4-9(5-8)20-7-11-14-6-10(13(17)18)12(16)15-11/h2-6H,7H2,1H3,(H,17,18)(H,14,15,16). The zero-order chi connectivity index (χ0) is 14.5. The Morgan fingerprint density at radius 3 is 2.80 bits per heavy atom. The van der Waals surface area contributed by atoms with Crippen LogP contribution in [0.5, 0.6) is 11.5 Å². The van der Waals surface area contributed by atoms with Gasteiger partial charge in [-0.15, -0.1) is 0 Å². The third-order valence-electron chi connectivity index (χ3n) is 2.50. The second-order valence-corrected chi connectivity index (χ2v) is 3.85. The van der Waals surface area contributed by atoms with Crippen molar-refractivity contribution in [1.29, 1.82) is 0 Å². The summed E-state index contributed by atoms with van der Waals surface area (Å²) in [6.07, 6.45) is 1.01. The third-order valence-corrected chi connectivity index (χ3v) is 2.50. The number of hydrogen-bond acceptors (Lipinski definition) is 5. The van der Waals surface area contributed by atoms with Crippen molar-refractivity contribution in [3.8, 4) is 11.5 Å². The lowest BCUT2D eigenvalue weighted by Gasteiger charge is -2.07. The van der Waals surface area contributed by atoms with Crippen molar-refractivity contribution in [3.63, 3.8) is 0 Å². The van der Waals surface area contributed by atoms with E-state index in [0.717, 1.165) is 6.20 Å². The third kappa shape index (κ3) is 3.14. The van der Waals surface area contributed by atoms with E-state index >= 15 is 0 Å². The van der Waals surface area contributed by atoms with Crippen molar-refractivity contribution in [2.45, 2.75) is 6.61 Å². The number of H-pyrrole nitrogens is 1. The Morgan fingerprint density at radius 2 is 2.15 bits per heavy atom. The van der Waals surface area contributed by atoms with Crippen LogP contribution in [0.2, 0.25) is 0 Å². The van der Waals surface area contributed by atoms with E-state index in [1.54, 1.807) is 31.4 Å². The molecule has 7 heteroatoms. The van der Waals surface area contributed by atoms with Gasteiger partial charge in [0.15, 0.2) is 0 Å². The molecule has 0 unspecified atom stereocenters. The number of carboxylic acids is 1. The van der Waals surface area contributed by atoms with Crippen LogP contribution in [-0.2, 0) is 6.61 Å². The molecule has 0 aliphatic heterocycles. The Morgan fingerprint density at radius 1 is 1.40 bits per heavy atom. The molecule has 0 saturated carbocycles. The number of benzene rings is 1. The van der Waals surface area contributed by atoms with Gasteiger partial charge in [0.05, 0.1) is 7.11 Å². The topological polar surface area (TPSA) is 102 Å². The molecule has 1 aromatic carbocycles. The van der Waals surface area contributed by atoms with E-state index in [1.165, 1.54) is 0 Å². The first kappa shape index (κ1) is 13.6. The SMILES string of the molecule is COc1cccc(OCc2ncc(C(=O)O)c(=O)[nH]2)c1. The molecule has 20 heavy (non-hydrogen) atoms. The van der Waals surface area contributed by atoms with Crippen molar-refractivity contribution in [2.24, 2.45) is 0 Å². The smallest absolute Gasteiger partial charge is 0.342 e. The molecule has 2 aromatic rings. The minimum atomic E-state index is -1.32. The molecule has 0 radical (unpaired) electrons. The lowest BCUT2D eigenvalue weighted by Crippen LogP contribution is -2.20. The van der Waals surface area contributed by atoms with Crippen LogP contribution in [-0.4, -0.2) is 28.2 Å². The van der Waals surface area contributed by atoms with Gasteiger partial charge < -0.3 is 19.6 Å². The Balaban J connectivity index is 2.09. The summed E-state index contributed by atoms with van der Waals surface area (Å²) >= 11 is 0. The largest absolute Gasteiger partial charge is 0.497 e. The molecule has 0 atom stereocenters. The molecule has 7 nitrogen and oxygen atoms in total. The molecule has 0 amide bonds. The predicted molar refractivity (Wildman–Crippen MR) is 69.1 cm³/mol. The number of rotatable bonds is 5. The predicted octanol–water partition coefficient (Wildman–Crippen LogP) is 1.06. The summed E-state index contributed by atoms with van der Waals surface area (Å²) in [7, 11) is 1.54. The van der Waals surface area contributed by atoms with Crippen LogP contribution in [0.1, 0.15) is 16.2 Å². The highest BCUT2D eigenvalue weighted by atomic mass is 16.5. The first-order chi connectivity index (χ1) is 9.60. The zero-order valence-electron chi connectivity index (χ0n) is 10.6. The van der Waals surface area contributed by atoms with Crippen molar-refractivity contribution < 1.29 is 19.4 Å². The van der Waals surface area contributed by atoms with Gasteiger partial charge in [0, 0.05) is 12.3 Å². The van der Waals surface area contributed by atoms with Gasteiger partial charge in [0.25, 0.3) is 5.56 Å². The summed E-state index contributed by atoms with van der Waals surface area (Å²) in [5.74, 6) is 0.112. The van der Waals surface area contributed by atoms with Gasteiger partial charge in [-0.2, -0.15) is 0 Å². The zero-order valence-corrected chi connectivity index (χ0v) is 10.6. The van der Waals surface area contributed by atoms with E-state index in [2.05, 4.69) is 9.97 Å². The average molecular weight is 276 g/mol. The summed E-state index contributed by atoms with van der Waals surface area (Å²) in [5, 5.41) is 8.72. The first-order valence-electron chi connectivity index (χ1n) is 5.68. The lowest BCUT2D eigenvalue weighted by molar-refractivity contribution is 0.0694. The molecule has 0 fully saturated rings. The van der Waals surface area contributed by atoms with Crippen molar-refractivity contribution in [3.05, 3.63) is 52.2 Å². The number of nitrogens with zero attached hydrogens (tertiary/aromatic N) is 1. The quantitative estimate of drug-likeness (QED) is 0.846. The van der Waals surface area contributed by atoms with Gasteiger partial charge in [0.2, 0.25) is 0 Å². The van der Waals surface area contributed by atoms with Crippen molar-refractivity contribution in [2.75, 3.05) is 7.11 Å². The first-order valence-corrected chi connectivity index (χ1v) is 5.68. The Bertz CT molecular complexity index is 680. The van der Waals surface area contributed by atoms with Gasteiger partial charge in [-0.05, 0) is 12.1 Å². The molecule has 1 aromatic heterocycles. The van der Waals surface area contributed by atoms with Crippen LogP contribution in [0.4, 0.5) is 0 Å². The molecule has 0 aliphatic carbocycles. The lowest BCUT2D eigenvalue weighted by atomic mass is 10.3.